The molecule has 0 bridgehead atoms. The normalized spacial score (nSPS) is 16.1. The van der Waals surface area contributed by atoms with Gasteiger partial charge in [0.05, 0.1) is 12.2 Å². The van der Waals surface area contributed by atoms with Gasteiger partial charge in [-0.1, -0.05) is 12.1 Å². The number of para-hydroxylation sites is 1. The van der Waals surface area contributed by atoms with Crippen LogP contribution in [0.5, 0.6) is 5.75 Å². The number of hydrogen-bond acceptors (Lipinski definition) is 2. The zero-order chi connectivity index (χ0) is 14.0. The number of carbonyl (C=O) groups is 1. The highest BCUT2D eigenvalue weighted by Crippen LogP contribution is 2.29. The molecule has 0 aliphatic carbocycles. The van der Waals surface area contributed by atoms with E-state index in [1.807, 2.05) is 0 Å². The summed E-state index contributed by atoms with van der Waals surface area (Å²) in [6.07, 6.45) is -4.85. The SMILES string of the molecule is O=C(c1ccccc1OC(F)(F)F)N1CC(CF)C1. The molecule has 1 aromatic rings. The van der Waals surface area contributed by atoms with E-state index in [0.717, 1.165) is 6.07 Å². The Morgan fingerprint density at radius 3 is 2.53 bits per heavy atom. The van der Waals surface area contributed by atoms with Crippen LogP contribution in [-0.2, 0) is 0 Å². The molecule has 0 radical (unpaired) electrons. The summed E-state index contributed by atoms with van der Waals surface area (Å²) in [5.41, 5.74) is -0.169. The van der Waals surface area contributed by atoms with Gasteiger partial charge < -0.3 is 9.64 Å². The molecule has 1 aromatic carbocycles. The summed E-state index contributed by atoms with van der Waals surface area (Å²) in [5.74, 6) is -1.34. The Morgan fingerprint density at radius 1 is 1.32 bits per heavy atom. The Kier molecular flexibility index (Phi) is 3.64. The van der Waals surface area contributed by atoms with Crippen LogP contribution in [0, 0.1) is 5.92 Å². The number of likely N-dealkylation sites (tertiary alicyclic amines) is 1. The van der Waals surface area contributed by atoms with Crippen molar-refractivity contribution in [2.24, 2.45) is 5.92 Å². The first-order valence-corrected chi connectivity index (χ1v) is 5.60. The molecule has 0 saturated carbocycles. The third-order valence-electron chi connectivity index (χ3n) is 2.81. The van der Waals surface area contributed by atoms with Gasteiger partial charge in [0.1, 0.15) is 5.75 Å². The zero-order valence-corrected chi connectivity index (χ0v) is 9.78. The maximum Gasteiger partial charge on any atom is 0.573 e. The number of benzene rings is 1. The van der Waals surface area contributed by atoms with Crippen molar-refractivity contribution in [2.75, 3.05) is 19.8 Å². The van der Waals surface area contributed by atoms with Crippen LogP contribution in [0.2, 0.25) is 0 Å². The fourth-order valence-corrected chi connectivity index (χ4v) is 1.86. The minimum Gasteiger partial charge on any atom is -0.405 e. The summed E-state index contributed by atoms with van der Waals surface area (Å²) in [5, 5.41) is 0. The van der Waals surface area contributed by atoms with Gasteiger partial charge in [-0.25, -0.2) is 0 Å². The van der Waals surface area contributed by atoms with Crippen molar-refractivity contribution < 1.29 is 27.1 Å². The first kappa shape index (κ1) is 13.6. The van der Waals surface area contributed by atoms with Crippen molar-refractivity contribution >= 4 is 5.91 Å². The van der Waals surface area contributed by atoms with Gasteiger partial charge in [0, 0.05) is 19.0 Å². The third kappa shape index (κ3) is 3.15. The molecule has 7 heteroatoms. The van der Waals surface area contributed by atoms with E-state index in [-0.39, 0.29) is 24.6 Å². The largest absolute Gasteiger partial charge is 0.573 e. The van der Waals surface area contributed by atoms with Gasteiger partial charge in [0.2, 0.25) is 0 Å². The second-order valence-electron chi connectivity index (χ2n) is 4.27. The molecule has 0 aromatic heterocycles. The van der Waals surface area contributed by atoms with Gasteiger partial charge in [-0.15, -0.1) is 13.2 Å². The first-order valence-electron chi connectivity index (χ1n) is 5.60. The fourth-order valence-electron chi connectivity index (χ4n) is 1.86. The fraction of sp³-hybridized carbons (Fsp3) is 0.417. The lowest BCUT2D eigenvalue weighted by molar-refractivity contribution is -0.274. The first-order chi connectivity index (χ1) is 8.90. The van der Waals surface area contributed by atoms with Crippen molar-refractivity contribution in [1.29, 1.82) is 0 Å². The van der Waals surface area contributed by atoms with Crippen LogP contribution in [0.3, 0.4) is 0 Å². The van der Waals surface area contributed by atoms with Gasteiger partial charge in [-0.2, -0.15) is 0 Å². The predicted molar refractivity (Wildman–Crippen MR) is 58.5 cm³/mol. The number of halogens is 4. The van der Waals surface area contributed by atoms with Crippen molar-refractivity contribution in [3.05, 3.63) is 29.8 Å². The molecule has 19 heavy (non-hydrogen) atoms. The van der Waals surface area contributed by atoms with Gasteiger partial charge in [-0.05, 0) is 12.1 Å². The monoisotopic (exact) mass is 277 g/mol. The lowest BCUT2D eigenvalue weighted by Crippen LogP contribution is -2.50. The van der Waals surface area contributed by atoms with E-state index in [2.05, 4.69) is 4.74 Å². The molecule has 0 unspecified atom stereocenters. The van der Waals surface area contributed by atoms with Crippen LogP contribution in [0.1, 0.15) is 10.4 Å². The highest BCUT2D eigenvalue weighted by molar-refractivity contribution is 5.97. The van der Waals surface area contributed by atoms with Gasteiger partial charge in [-0.3, -0.25) is 9.18 Å². The average molecular weight is 277 g/mol. The molecular weight excluding hydrogens is 266 g/mol. The lowest BCUT2D eigenvalue weighted by atomic mass is 10.0. The number of ether oxygens (including phenoxy) is 1. The summed E-state index contributed by atoms with van der Waals surface area (Å²) in [4.78, 5) is 13.2. The molecule has 1 fully saturated rings. The summed E-state index contributed by atoms with van der Waals surface area (Å²) in [7, 11) is 0. The van der Waals surface area contributed by atoms with Crippen LogP contribution < -0.4 is 4.74 Å². The van der Waals surface area contributed by atoms with Crippen LogP contribution in [0.25, 0.3) is 0 Å². The number of hydrogen-bond donors (Lipinski definition) is 0. The van der Waals surface area contributed by atoms with Gasteiger partial charge in [0.15, 0.2) is 0 Å². The van der Waals surface area contributed by atoms with Crippen LogP contribution in [0.15, 0.2) is 24.3 Å². The van der Waals surface area contributed by atoms with Crippen molar-refractivity contribution in [3.63, 3.8) is 0 Å². The minimum absolute atomic E-state index is 0.169. The second-order valence-corrected chi connectivity index (χ2v) is 4.27. The van der Waals surface area contributed by atoms with E-state index in [9.17, 15) is 22.4 Å². The molecular formula is C12H11F4NO2. The highest BCUT2D eigenvalue weighted by Gasteiger charge is 2.36. The molecule has 2 rings (SSSR count). The molecule has 1 aliphatic rings. The Labute approximate surface area is 106 Å². The van der Waals surface area contributed by atoms with Crippen molar-refractivity contribution in [3.8, 4) is 5.75 Å². The van der Waals surface area contributed by atoms with Crippen molar-refractivity contribution in [1.82, 2.24) is 4.90 Å². The lowest BCUT2D eigenvalue weighted by Gasteiger charge is -2.38. The number of carbonyl (C=O) groups excluding carboxylic acids is 1. The Bertz CT molecular complexity index is 469. The molecule has 0 spiro atoms. The topological polar surface area (TPSA) is 29.5 Å². The smallest absolute Gasteiger partial charge is 0.405 e. The van der Waals surface area contributed by atoms with E-state index in [1.165, 1.54) is 23.1 Å². The van der Waals surface area contributed by atoms with E-state index in [1.54, 1.807) is 0 Å². The molecule has 104 valence electrons. The Balaban J connectivity index is 2.14. The number of rotatable bonds is 3. The Hall–Kier alpha value is -1.79. The van der Waals surface area contributed by atoms with Crippen LogP contribution in [0.4, 0.5) is 17.6 Å². The van der Waals surface area contributed by atoms with E-state index in [0.29, 0.717) is 0 Å². The molecule has 1 saturated heterocycles. The van der Waals surface area contributed by atoms with Crippen LogP contribution in [-0.4, -0.2) is 36.9 Å². The predicted octanol–water partition coefficient (Wildman–Crippen LogP) is 2.63. The molecule has 1 aliphatic heterocycles. The number of nitrogens with zero attached hydrogens (tertiary/aromatic N) is 1. The quantitative estimate of drug-likeness (QED) is 0.795. The highest BCUT2D eigenvalue weighted by atomic mass is 19.4. The number of alkyl halides is 4. The molecule has 3 nitrogen and oxygen atoms in total. The third-order valence-corrected chi connectivity index (χ3v) is 2.81. The Morgan fingerprint density at radius 2 is 1.95 bits per heavy atom. The van der Waals surface area contributed by atoms with E-state index >= 15 is 0 Å². The summed E-state index contributed by atoms with van der Waals surface area (Å²) < 4.78 is 52.7. The molecule has 0 N–H and O–H groups in total. The maximum atomic E-state index is 12.3. The van der Waals surface area contributed by atoms with Gasteiger partial charge in [0.25, 0.3) is 5.91 Å². The maximum absolute atomic E-state index is 12.3. The summed E-state index contributed by atoms with van der Waals surface area (Å²) in [6.45, 7) is -0.101. The minimum atomic E-state index is -4.85. The standard InChI is InChI=1S/C12H11F4NO2/c13-5-8-6-17(7-8)11(18)9-3-1-2-4-10(9)19-12(14,15)16/h1-4,8H,5-7H2. The van der Waals surface area contributed by atoms with E-state index < -0.39 is 24.7 Å². The summed E-state index contributed by atoms with van der Waals surface area (Å²) >= 11 is 0. The molecule has 0 atom stereocenters. The average Bonchev–Trinajstić information content (AvgIpc) is 2.26. The summed E-state index contributed by atoms with van der Waals surface area (Å²) in [6, 6.07) is 5.13. The zero-order valence-electron chi connectivity index (χ0n) is 9.78. The van der Waals surface area contributed by atoms with E-state index in [4.69, 9.17) is 0 Å². The molecule has 1 heterocycles. The second kappa shape index (κ2) is 5.07. The molecule has 1 amide bonds. The van der Waals surface area contributed by atoms with Gasteiger partial charge >= 0.3 is 6.36 Å². The van der Waals surface area contributed by atoms with Crippen molar-refractivity contribution in [2.45, 2.75) is 6.36 Å². The van der Waals surface area contributed by atoms with Crippen LogP contribution >= 0.6 is 0 Å². The number of amides is 1.